The van der Waals surface area contributed by atoms with E-state index < -0.39 is 9.84 Å². The van der Waals surface area contributed by atoms with Gasteiger partial charge in [0.1, 0.15) is 9.90 Å². The van der Waals surface area contributed by atoms with Crippen LogP contribution >= 0.6 is 11.5 Å². The second-order valence-corrected chi connectivity index (χ2v) is 7.70. The van der Waals surface area contributed by atoms with E-state index >= 15 is 0 Å². The van der Waals surface area contributed by atoms with Crippen molar-refractivity contribution in [2.75, 3.05) is 23.4 Å². The molecule has 0 unspecified atom stereocenters. The number of nitrogens with two attached hydrogens (primary N) is 1. The first-order valence-corrected chi connectivity index (χ1v) is 8.89. The number of hydrogen-bond donors (Lipinski definition) is 1. The summed E-state index contributed by atoms with van der Waals surface area (Å²) in [6.07, 6.45) is 0. The summed E-state index contributed by atoms with van der Waals surface area (Å²) in [5.74, 6) is 0.0694. The minimum absolute atomic E-state index is 0.000845. The van der Waals surface area contributed by atoms with Crippen molar-refractivity contribution in [1.29, 1.82) is 0 Å². The first kappa shape index (κ1) is 15.7. The molecule has 114 valence electrons. The first-order chi connectivity index (χ1) is 9.85. The molecule has 0 amide bonds. The summed E-state index contributed by atoms with van der Waals surface area (Å²) in [4.78, 5) is 6.37. The molecule has 8 heteroatoms. The fourth-order valence-corrected chi connectivity index (χ4v) is 4.26. The van der Waals surface area contributed by atoms with E-state index in [1.165, 1.54) is 0 Å². The van der Waals surface area contributed by atoms with Crippen molar-refractivity contribution in [3.05, 3.63) is 29.6 Å². The van der Waals surface area contributed by atoms with Crippen molar-refractivity contribution in [3.8, 4) is 0 Å². The zero-order valence-corrected chi connectivity index (χ0v) is 13.8. The third-order valence-electron chi connectivity index (χ3n) is 3.04. The molecule has 0 spiro atoms. The Labute approximate surface area is 128 Å². The molecule has 2 aromatic rings. The van der Waals surface area contributed by atoms with Gasteiger partial charge in [0, 0.05) is 12.7 Å². The fourth-order valence-electron chi connectivity index (χ4n) is 1.97. The van der Waals surface area contributed by atoms with Crippen LogP contribution in [0.5, 0.6) is 0 Å². The molecule has 2 aromatic heterocycles. The normalized spacial score (nSPS) is 11.6. The van der Waals surface area contributed by atoms with Crippen molar-refractivity contribution < 1.29 is 8.42 Å². The Morgan fingerprint density at radius 1 is 1.38 bits per heavy atom. The maximum absolute atomic E-state index is 12.2. The van der Waals surface area contributed by atoms with Crippen LogP contribution < -0.4 is 10.6 Å². The molecule has 0 aromatic carbocycles. The molecule has 0 radical (unpaired) electrons. The van der Waals surface area contributed by atoms with Crippen LogP contribution in [0.3, 0.4) is 0 Å². The lowest BCUT2D eigenvalue weighted by molar-refractivity contribution is 0.597. The molecule has 0 aliphatic carbocycles. The second kappa shape index (κ2) is 5.98. The number of aromatic nitrogens is 2. The highest BCUT2D eigenvalue weighted by Crippen LogP contribution is 2.35. The van der Waals surface area contributed by atoms with Crippen molar-refractivity contribution in [2.45, 2.75) is 25.3 Å². The third kappa shape index (κ3) is 3.33. The number of hydrogen-bond acceptors (Lipinski definition) is 7. The van der Waals surface area contributed by atoms with Crippen LogP contribution in [0.2, 0.25) is 0 Å². The van der Waals surface area contributed by atoms with Gasteiger partial charge in [-0.15, -0.1) is 0 Å². The Hall–Kier alpha value is -1.67. The highest BCUT2D eigenvalue weighted by molar-refractivity contribution is 7.91. The van der Waals surface area contributed by atoms with Crippen molar-refractivity contribution >= 4 is 32.2 Å². The number of rotatable bonds is 5. The van der Waals surface area contributed by atoms with Crippen LogP contribution in [0, 0.1) is 6.92 Å². The Morgan fingerprint density at radius 2 is 2.10 bits per heavy atom. The lowest BCUT2D eigenvalue weighted by Crippen LogP contribution is -2.19. The van der Waals surface area contributed by atoms with Gasteiger partial charge in [0.05, 0.1) is 18.0 Å². The SMILES string of the molecule is CCS(=O)(=O)c1c(N)nsc1N(C)Cc1cccc(C)n1. The molecular formula is C13H18N4O2S2. The van der Waals surface area contributed by atoms with Gasteiger partial charge in [0.15, 0.2) is 15.7 Å². The van der Waals surface area contributed by atoms with E-state index in [4.69, 9.17) is 5.73 Å². The molecule has 2 N–H and O–H groups in total. The average molecular weight is 326 g/mol. The largest absolute Gasteiger partial charge is 0.382 e. The minimum Gasteiger partial charge on any atom is -0.382 e. The van der Waals surface area contributed by atoms with Crippen molar-refractivity contribution in [3.63, 3.8) is 0 Å². The van der Waals surface area contributed by atoms with E-state index in [2.05, 4.69) is 9.36 Å². The lowest BCUT2D eigenvalue weighted by Gasteiger charge is -2.18. The summed E-state index contributed by atoms with van der Waals surface area (Å²) >= 11 is 1.09. The minimum atomic E-state index is -3.40. The van der Waals surface area contributed by atoms with E-state index in [0.29, 0.717) is 11.5 Å². The number of aryl methyl sites for hydroxylation is 1. The van der Waals surface area contributed by atoms with Gasteiger partial charge in [-0.05, 0) is 30.6 Å². The molecular weight excluding hydrogens is 308 g/mol. The summed E-state index contributed by atoms with van der Waals surface area (Å²) in [6.45, 7) is 4.01. The number of nitrogen functional groups attached to an aromatic ring is 1. The first-order valence-electron chi connectivity index (χ1n) is 6.46. The number of anilines is 2. The number of nitrogens with zero attached hydrogens (tertiary/aromatic N) is 3. The molecule has 0 bridgehead atoms. The maximum Gasteiger partial charge on any atom is 0.184 e. The number of sulfone groups is 1. The van der Waals surface area contributed by atoms with Crippen molar-refractivity contribution in [1.82, 2.24) is 9.36 Å². The van der Waals surface area contributed by atoms with Crippen molar-refractivity contribution in [2.24, 2.45) is 0 Å². The summed E-state index contributed by atoms with van der Waals surface area (Å²) in [6, 6.07) is 5.75. The van der Waals surface area contributed by atoms with Crippen LogP contribution in [0.1, 0.15) is 18.3 Å². The van der Waals surface area contributed by atoms with E-state index in [1.807, 2.05) is 37.1 Å². The van der Waals surface area contributed by atoms with E-state index in [9.17, 15) is 8.42 Å². The van der Waals surface area contributed by atoms with Gasteiger partial charge >= 0.3 is 0 Å². The van der Waals surface area contributed by atoms with Gasteiger partial charge in [0.25, 0.3) is 0 Å². The second-order valence-electron chi connectivity index (χ2n) is 4.73. The molecule has 0 aliphatic heterocycles. The Morgan fingerprint density at radius 3 is 2.71 bits per heavy atom. The molecule has 2 rings (SSSR count). The van der Waals surface area contributed by atoms with E-state index in [-0.39, 0.29) is 16.5 Å². The van der Waals surface area contributed by atoms with Crippen LogP contribution in [-0.4, -0.2) is 30.6 Å². The maximum atomic E-state index is 12.2. The Bertz CT molecular complexity index is 740. The molecule has 0 saturated heterocycles. The third-order valence-corrected chi connectivity index (χ3v) is 5.93. The highest BCUT2D eigenvalue weighted by atomic mass is 32.2. The van der Waals surface area contributed by atoms with Crippen LogP contribution in [0.15, 0.2) is 23.1 Å². The smallest absolute Gasteiger partial charge is 0.184 e. The molecule has 21 heavy (non-hydrogen) atoms. The summed E-state index contributed by atoms with van der Waals surface area (Å²) in [5, 5.41) is 0.553. The van der Waals surface area contributed by atoms with Gasteiger partial charge in [0.2, 0.25) is 0 Å². The lowest BCUT2D eigenvalue weighted by atomic mass is 10.3. The molecule has 0 saturated carbocycles. The van der Waals surface area contributed by atoms with Crippen LogP contribution in [0.25, 0.3) is 0 Å². The van der Waals surface area contributed by atoms with Gasteiger partial charge in [-0.25, -0.2) is 8.42 Å². The van der Waals surface area contributed by atoms with E-state index in [0.717, 1.165) is 22.9 Å². The molecule has 0 atom stereocenters. The summed E-state index contributed by atoms with van der Waals surface area (Å²) < 4.78 is 28.3. The molecule has 0 fully saturated rings. The van der Waals surface area contributed by atoms with E-state index in [1.54, 1.807) is 6.92 Å². The monoisotopic (exact) mass is 326 g/mol. The van der Waals surface area contributed by atoms with Gasteiger partial charge in [-0.3, -0.25) is 4.98 Å². The predicted molar refractivity (Wildman–Crippen MR) is 85.3 cm³/mol. The highest BCUT2D eigenvalue weighted by Gasteiger charge is 2.26. The van der Waals surface area contributed by atoms with Crippen LogP contribution in [-0.2, 0) is 16.4 Å². The Kier molecular flexibility index (Phi) is 4.48. The molecule has 6 nitrogen and oxygen atoms in total. The predicted octanol–water partition coefficient (Wildman–Crippen LogP) is 1.86. The average Bonchev–Trinajstić information content (AvgIpc) is 2.81. The van der Waals surface area contributed by atoms with Gasteiger partial charge in [-0.1, -0.05) is 13.0 Å². The quantitative estimate of drug-likeness (QED) is 0.902. The zero-order valence-electron chi connectivity index (χ0n) is 12.2. The van der Waals surface area contributed by atoms with Crippen LogP contribution in [0.4, 0.5) is 10.8 Å². The van der Waals surface area contributed by atoms with Gasteiger partial charge in [-0.2, -0.15) is 4.37 Å². The number of pyridine rings is 1. The summed E-state index contributed by atoms with van der Waals surface area (Å²) in [5.41, 5.74) is 7.52. The molecule has 2 heterocycles. The zero-order chi connectivity index (χ0) is 15.6. The molecule has 0 aliphatic rings. The topological polar surface area (TPSA) is 89.2 Å². The Balaban J connectivity index is 2.35. The van der Waals surface area contributed by atoms with Gasteiger partial charge < -0.3 is 10.6 Å². The fraction of sp³-hybridized carbons (Fsp3) is 0.385. The summed E-state index contributed by atoms with van der Waals surface area (Å²) in [7, 11) is -1.59. The standard InChI is InChI=1S/C13H18N4O2S2/c1-4-21(18,19)11-12(14)16-20-13(11)17(3)8-10-7-5-6-9(2)15-10/h5-7H,4,8H2,1-3H3,(H2,14,16).